The molecule has 0 saturated heterocycles. The molecule has 10 rings (SSSR count). The van der Waals surface area contributed by atoms with Gasteiger partial charge in [0, 0.05) is 36.3 Å². The molecule has 0 spiro atoms. The van der Waals surface area contributed by atoms with Gasteiger partial charge in [-0.2, -0.15) is 0 Å². The number of fused-ring (bicyclic) bond motifs is 7. The number of rotatable bonds is 4. The molecule has 0 bridgehead atoms. The lowest BCUT2D eigenvalue weighted by Crippen LogP contribution is -1.95. The molecule has 0 aliphatic heterocycles. The molecule has 0 amide bonds. The summed E-state index contributed by atoms with van der Waals surface area (Å²) in [7, 11) is 0. The Kier molecular flexibility index (Phi) is 6.12. The highest BCUT2D eigenvalue weighted by Gasteiger charge is 2.16. The van der Waals surface area contributed by atoms with E-state index in [-0.39, 0.29) is 0 Å². The van der Waals surface area contributed by atoms with Crippen LogP contribution in [0.1, 0.15) is 0 Å². The van der Waals surface area contributed by atoms with Crippen molar-refractivity contribution in [3.63, 3.8) is 0 Å². The average Bonchev–Trinajstić information content (AvgIpc) is 3.70. The smallest absolute Gasteiger partial charge is 0.0541 e. The molecule has 0 saturated carbocycles. The van der Waals surface area contributed by atoms with Gasteiger partial charge in [0.25, 0.3) is 0 Å². The Morgan fingerprint density at radius 2 is 1.02 bits per heavy atom. The molecule has 2 aromatic heterocycles. The minimum absolute atomic E-state index is 1.20. The molecular formula is C46H29NS. The van der Waals surface area contributed by atoms with E-state index >= 15 is 0 Å². The minimum atomic E-state index is 1.20. The first kappa shape index (κ1) is 27.2. The van der Waals surface area contributed by atoms with Gasteiger partial charge in [0.15, 0.2) is 0 Å². The second kappa shape index (κ2) is 10.8. The first-order valence-electron chi connectivity index (χ1n) is 16.4. The molecule has 10 aromatic rings. The first-order valence-corrected chi connectivity index (χ1v) is 17.2. The number of aromatic nitrogens is 1. The summed E-state index contributed by atoms with van der Waals surface area (Å²) in [6.45, 7) is 0. The van der Waals surface area contributed by atoms with Crippen LogP contribution in [0, 0.1) is 0 Å². The van der Waals surface area contributed by atoms with Crippen LogP contribution < -0.4 is 0 Å². The molecule has 224 valence electrons. The summed E-state index contributed by atoms with van der Waals surface area (Å²) in [5, 5.41) is 7.68. The number of hydrogen-bond donors (Lipinski definition) is 0. The maximum Gasteiger partial charge on any atom is 0.0541 e. The van der Waals surface area contributed by atoms with E-state index in [0.717, 1.165) is 0 Å². The van der Waals surface area contributed by atoms with Crippen molar-refractivity contribution in [1.82, 2.24) is 4.57 Å². The van der Waals surface area contributed by atoms with E-state index in [1.165, 1.54) is 91.8 Å². The van der Waals surface area contributed by atoms with E-state index in [2.05, 4.69) is 180 Å². The summed E-state index contributed by atoms with van der Waals surface area (Å²) >= 11 is 1.87. The summed E-state index contributed by atoms with van der Waals surface area (Å²) in [6.07, 6.45) is 0. The average molecular weight is 628 g/mol. The molecule has 0 radical (unpaired) electrons. The predicted molar refractivity (Wildman–Crippen MR) is 207 cm³/mol. The Morgan fingerprint density at radius 3 is 1.94 bits per heavy atom. The zero-order valence-electron chi connectivity index (χ0n) is 26.1. The summed E-state index contributed by atoms with van der Waals surface area (Å²) in [6, 6.07) is 64.4. The van der Waals surface area contributed by atoms with Crippen molar-refractivity contribution in [2.75, 3.05) is 0 Å². The van der Waals surface area contributed by atoms with E-state index < -0.39 is 0 Å². The number of nitrogens with zero attached hydrogens (tertiary/aromatic N) is 1. The van der Waals surface area contributed by atoms with Crippen LogP contribution in [0.4, 0.5) is 0 Å². The lowest BCUT2D eigenvalue weighted by molar-refractivity contribution is 1.20. The molecule has 1 nitrogen and oxygen atoms in total. The first-order chi connectivity index (χ1) is 23.8. The lowest BCUT2D eigenvalue weighted by Gasteiger charge is -2.13. The Morgan fingerprint density at radius 1 is 0.354 bits per heavy atom. The van der Waals surface area contributed by atoms with Crippen molar-refractivity contribution in [1.29, 1.82) is 0 Å². The van der Waals surface area contributed by atoms with Gasteiger partial charge in [0.2, 0.25) is 0 Å². The summed E-state index contributed by atoms with van der Waals surface area (Å²) < 4.78 is 5.12. The summed E-state index contributed by atoms with van der Waals surface area (Å²) in [5.74, 6) is 0. The van der Waals surface area contributed by atoms with Gasteiger partial charge in [-0.25, -0.2) is 0 Å². The predicted octanol–water partition coefficient (Wildman–Crippen LogP) is 13.3. The van der Waals surface area contributed by atoms with Gasteiger partial charge >= 0.3 is 0 Å². The molecule has 8 aromatic carbocycles. The molecule has 2 heterocycles. The SMILES string of the molecule is c1ccc(-c2cccc(-c3ccc4c(c3)c3ccccc3n4-c3cccc4cc(-c5cccc6sc7ccccc7c56)ccc34)c2)cc1. The molecule has 48 heavy (non-hydrogen) atoms. The van der Waals surface area contributed by atoms with E-state index in [9.17, 15) is 0 Å². The van der Waals surface area contributed by atoms with Crippen molar-refractivity contribution in [3.05, 3.63) is 176 Å². The van der Waals surface area contributed by atoms with Gasteiger partial charge in [-0.3, -0.25) is 0 Å². The largest absolute Gasteiger partial charge is 0.309 e. The third-order valence-electron chi connectivity index (χ3n) is 9.79. The fraction of sp³-hybridized carbons (Fsp3) is 0. The standard InChI is InChI=1S/C46H29NS/c1-2-11-30(12-3-1)31-13-8-14-32(27-31)33-24-26-43-40(29-33)38-16-4-6-19-42(38)47(43)41-20-9-15-34-28-35(23-25-36(34)41)37-18-10-22-45-46(37)39-17-5-7-21-44(39)48-45/h1-29H. The van der Waals surface area contributed by atoms with Crippen LogP contribution in [0.5, 0.6) is 0 Å². The summed E-state index contributed by atoms with van der Waals surface area (Å²) in [5.41, 5.74) is 11.1. The van der Waals surface area contributed by atoms with E-state index in [1.807, 2.05) is 11.3 Å². The molecule has 2 heteroatoms. The van der Waals surface area contributed by atoms with Gasteiger partial charge in [0.05, 0.1) is 16.7 Å². The van der Waals surface area contributed by atoms with Crippen LogP contribution in [0.2, 0.25) is 0 Å². The normalized spacial score (nSPS) is 11.8. The monoisotopic (exact) mass is 627 g/mol. The van der Waals surface area contributed by atoms with Crippen molar-refractivity contribution >= 4 is 64.1 Å². The van der Waals surface area contributed by atoms with Crippen LogP contribution in [-0.2, 0) is 0 Å². The fourth-order valence-electron chi connectivity index (χ4n) is 7.57. The molecule has 0 fully saturated rings. The van der Waals surface area contributed by atoms with Crippen LogP contribution in [-0.4, -0.2) is 4.57 Å². The van der Waals surface area contributed by atoms with E-state index in [4.69, 9.17) is 0 Å². The van der Waals surface area contributed by atoms with Crippen molar-refractivity contribution in [2.45, 2.75) is 0 Å². The van der Waals surface area contributed by atoms with Crippen LogP contribution in [0.3, 0.4) is 0 Å². The molecule has 0 atom stereocenters. The zero-order valence-corrected chi connectivity index (χ0v) is 26.9. The van der Waals surface area contributed by atoms with Crippen LogP contribution in [0.15, 0.2) is 176 Å². The highest BCUT2D eigenvalue weighted by molar-refractivity contribution is 7.25. The molecule has 0 N–H and O–H groups in total. The molecule has 0 aliphatic rings. The quantitative estimate of drug-likeness (QED) is 0.183. The number of benzene rings is 8. The Labute approximate surface area is 282 Å². The van der Waals surface area contributed by atoms with Crippen molar-refractivity contribution < 1.29 is 0 Å². The zero-order chi connectivity index (χ0) is 31.6. The topological polar surface area (TPSA) is 4.93 Å². The number of hydrogen-bond acceptors (Lipinski definition) is 1. The maximum atomic E-state index is 2.45. The minimum Gasteiger partial charge on any atom is -0.309 e. The highest BCUT2D eigenvalue weighted by atomic mass is 32.1. The van der Waals surface area contributed by atoms with Gasteiger partial charge in [-0.15, -0.1) is 11.3 Å². The molecule has 0 unspecified atom stereocenters. The maximum absolute atomic E-state index is 2.45. The van der Waals surface area contributed by atoms with Gasteiger partial charge in [-0.05, 0) is 87.3 Å². The summed E-state index contributed by atoms with van der Waals surface area (Å²) in [4.78, 5) is 0. The third kappa shape index (κ3) is 4.24. The molecule has 0 aliphatic carbocycles. The Bertz CT molecular complexity index is 2840. The van der Waals surface area contributed by atoms with Gasteiger partial charge in [-0.1, -0.05) is 127 Å². The third-order valence-corrected chi connectivity index (χ3v) is 10.9. The number of para-hydroxylation sites is 1. The lowest BCUT2D eigenvalue weighted by atomic mass is 9.96. The molecular weight excluding hydrogens is 599 g/mol. The highest BCUT2D eigenvalue weighted by Crippen LogP contribution is 2.42. The van der Waals surface area contributed by atoms with Gasteiger partial charge in [0.1, 0.15) is 0 Å². The Balaban J connectivity index is 1.14. The van der Waals surface area contributed by atoms with Crippen LogP contribution in [0.25, 0.3) is 91.8 Å². The van der Waals surface area contributed by atoms with E-state index in [0.29, 0.717) is 0 Å². The fourth-order valence-corrected chi connectivity index (χ4v) is 8.70. The van der Waals surface area contributed by atoms with Crippen molar-refractivity contribution in [3.8, 4) is 39.1 Å². The van der Waals surface area contributed by atoms with Crippen LogP contribution >= 0.6 is 11.3 Å². The number of thiophene rings is 1. The van der Waals surface area contributed by atoms with E-state index in [1.54, 1.807) is 0 Å². The van der Waals surface area contributed by atoms with Crippen molar-refractivity contribution in [2.24, 2.45) is 0 Å². The Hall–Kier alpha value is -5.96. The second-order valence-corrected chi connectivity index (χ2v) is 13.6. The second-order valence-electron chi connectivity index (χ2n) is 12.5. The van der Waals surface area contributed by atoms with Gasteiger partial charge < -0.3 is 4.57 Å².